The zero-order chi connectivity index (χ0) is 12.0. The van der Waals surface area contributed by atoms with Gasteiger partial charge in [0.05, 0.1) is 13.7 Å². The second-order valence-corrected chi connectivity index (χ2v) is 3.37. The number of unbranched alkanes of at least 4 members (excludes halogenated alkanes) is 1. The van der Waals surface area contributed by atoms with Gasteiger partial charge in [0.2, 0.25) is 0 Å². The molecule has 0 aliphatic carbocycles. The molecule has 0 fully saturated rings. The third-order valence-corrected chi connectivity index (χ3v) is 2.17. The maximum atomic E-state index is 11.0. The Bertz CT molecular complexity index is 360. The highest BCUT2D eigenvalue weighted by atomic mass is 16.5. The fourth-order valence-corrected chi connectivity index (χ4v) is 1.26. The summed E-state index contributed by atoms with van der Waals surface area (Å²) in [7, 11) is 1.50. The Kier molecular flexibility index (Phi) is 4.64. The van der Waals surface area contributed by atoms with Crippen LogP contribution in [-0.2, 0) is 0 Å². The molecule has 0 atom stereocenters. The van der Waals surface area contributed by atoms with Crippen LogP contribution < -0.4 is 9.47 Å². The van der Waals surface area contributed by atoms with Crippen LogP contribution in [0.15, 0.2) is 18.2 Å². The molecule has 0 aliphatic heterocycles. The number of methoxy groups -OCH3 is 1. The lowest BCUT2D eigenvalue weighted by molar-refractivity contribution is 0.0691. The molecule has 0 saturated heterocycles. The van der Waals surface area contributed by atoms with Crippen molar-refractivity contribution in [2.24, 2.45) is 0 Å². The van der Waals surface area contributed by atoms with Crippen molar-refractivity contribution in [1.82, 2.24) is 0 Å². The van der Waals surface area contributed by atoms with Crippen LogP contribution in [0.25, 0.3) is 0 Å². The van der Waals surface area contributed by atoms with Gasteiger partial charge in [-0.3, -0.25) is 0 Å². The fourth-order valence-electron chi connectivity index (χ4n) is 1.26. The maximum absolute atomic E-state index is 11.0. The smallest absolute Gasteiger partial charge is 0.339 e. The first-order valence-corrected chi connectivity index (χ1v) is 5.23. The Morgan fingerprint density at radius 2 is 2.19 bits per heavy atom. The van der Waals surface area contributed by atoms with E-state index in [1.165, 1.54) is 13.2 Å². The van der Waals surface area contributed by atoms with E-state index in [1.807, 2.05) is 0 Å². The lowest BCUT2D eigenvalue weighted by atomic mass is 10.2. The summed E-state index contributed by atoms with van der Waals surface area (Å²) in [6.45, 7) is 2.58. The van der Waals surface area contributed by atoms with Gasteiger partial charge in [0.15, 0.2) is 0 Å². The van der Waals surface area contributed by atoms with Crippen LogP contribution in [0.1, 0.15) is 30.1 Å². The molecule has 16 heavy (non-hydrogen) atoms. The minimum Gasteiger partial charge on any atom is -0.497 e. The van der Waals surface area contributed by atoms with Gasteiger partial charge in [-0.1, -0.05) is 13.3 Å². The highest BCUT2D eigenvalue weighted by Crippen LogP contribution is 2.24. The van der Waals surface area contributed by atoms with E-state index in [2.05, 4.69) is 6.92 Å². The van der Waals surface area contributed by atoms with E-state index in [1.54, 1.807) is 12.1 Å². The molecule has 1 rings (SSSR count). The van der Waals surface area contributed by atoms with Gasteiger partial charge in [-0.25, -0.2) is 4.79 Å². The molecule has 0 aromatic heterocycles. The molecule has 0 heterocycles. The van der Waals surface area contributed by atoms with Crippen molar-refractivity contribution >= 4 is 5.97 Å². The molecule has 1 aromatic carbocycles. The van der Waals surface area contributed by atoms with Crippen LogP contribution in [-0.4, -0.2) is 24.8 Å². The van der Waals surface area contributed by atoms with Gasteiger partial charge in [-0.15, -0.1) is 0 Å². The van der Waals surface area contributed by atoms with Gasteiger partial charge in [-0.05, 0) is 24.6 Å². The summed E-state index contributed by atoms with van der Waals surface area (Å²) >= 11 is 0. The summed E-state index contributed by atoms with van der Waals surface area (Å²) in [4.78, 5) is 11.0. The van der Waals surface area contributed by atoms with Crippen LogP contribution in [0.5, 0.6) is 11.5 Å². The van der Waals surface area contributed by atoms with Crippen molar-refractivity contribution in [1.29, 1.82) is 0 Å². The molecular formula is C12H16O4. The summed E-state index contributed by atoms with van der Waals surface area (Å²) < 4.78 is 10.4. The van der Waals surface area contributed by atoms with Crippen molar-refractivity contribution in [2.75, 3.05) is 13.7 Å². The minimum atomic E-state index is -1.01. The first-order valence-electron chi connectivity index (χ1n) is 5.23. The number of rotatable bonds is 6. The van der Waals surface area contributed by atoms with Gasteiger partial charge in [0.25, 0.3) is 0 Å². The quantitative estimate of drug-likeness (QED) is 0.754. The molecule has 4 heteroatoms. The van der Waals surface area contributed by atoms with E-state index in [0.29, 0.717) is 18.1 Å². The Morgan fingerprint density at radius 1 is 1.44 bits per heavy atom. The molecule has 88 valence electrons. The van der Waals surface area contributed by atoms with Crippen molar-refractivity contribution < 1.29 is 19.4 Å². The fraction of sp³-hybridized carbons (Fsp3) is 0.417. The first-order chi connectivity index (χ1) is 7.69. The lowest BCUT2D eigenvalue weighted by Gasteiger charge is -2.09. The number of carboxylic acid groups (broad SMARTS) is 1. The van der Waals surface area contributed by atoms with E-state index in [-0.39, 0.29) is 5.56 Å². The Balaban J connectivity index is 2.85. The zero-order valence-corrected chi connectivity index (χ0v) is 9.53. The predicted octanol–water partition coefficient (Wildman–Crippen LogP) is 2.57. The van der Waals surface area contributed by atoms with Crippen LogP contribution in [0.3, 0.4) is 0 Å². The van der Waals surface area contributed by atoms with E-state index < -0.39 is 5.97 Å². The Morgan fingerprint density at radius 3 is 2.75 bits per heavy atom. The van der Waals surface area contributed by atoms with E-state index >= 15 is 0 Å². The topological polar surface area (TPSA) is 55.8 Å². The number of carbonyl (C=O) groups is 1. The van der Waals surface area contributed by atoms with Crippen LogP contribution >= 0.6 is 0 Å². The number of hydrogen-bond acceptors (Lipinski definition) is 3. The summed E-state index contributed by atoms with van der Waals surface area (Å²) in [5, 5.41) is 9.01. The van der Waals surface area contributed by atoms with Gasteiger partial charge < -0.3 is 14.6 Å². The van der Waals surface area contributed by atoms with Crippen molar-refractivity contribution in [2.45, 2.75) is 19.8 Å². The van der Waals surface area contributed by atoms with Gasteiger partial charge in [0, 0.05) is 0 Å². The SMILES string of the molecule is CCCCOc1ccc(OC)cc1C(=O)O. The number of benzene rings is 1. The van der Waals surface area contributed by atoms with Crippen LogP contribution in [0, 0.1) is 0 Å². The Hall–Kier alpha value is -1.71. The van der Waals surface area contributed by atoms with E-state index in [4.69, 9.17) is 14.6 Å². The average molecular weight is 224 g/mol. The molecule has 0 bridgehead atoms. The normalized spacial score (nSPS) is 9.88. The number of ether oxygens (including phenoxy) is 2. The maximum Gasteiger partial charge on any atom is 0.339 e. The lowest BCUT2D eigenvalue weighted by Crippen LogP contribution is -2.04. The van der Waals surface area contributed by atoms with Crippen molar-refractivity contribution in [3.05, 3.63) is 23.8 Å². The molecular weight excluding hydrogens is 208 g/mol. The minimum absolute atomic E-state index is 0.135. The summed E-state index contributed by atoms with van der Waals surface area (Å²) in [5.74, 6) is -0.104. The monoisotopic (exact) mass is 224 g/mol. The Labute approximate surface area is 94.8 Å². The molecule has 1 N–H and O–H groups in total. The average Bonchev–Trinajstić information content (AvgIpc) is 2.29. The zero-order valence-electron chi connectivity index (χ0n) is 9.53. The predicted molar refractivity (Wildman–Crippen MR) is 60.4 cm³/mol. The summed E-state index contributed by atoms with van der Waals surface area (Å²) in [6, 6.07) is 4.77. The molecule has 0 saturated carbocycles. The summed E-state index contributed by atoms with van der Waals surface area (Å²) in [6.07, 6.45) is 1.92. The van der Waals surface area contributed by atoms with Gasteiger partial charge in [-0.2, -0.15) is 0 Å². The number of hydrogen-bond donors (Lipinski definition) is 1. The van der Waals surface area contributed by atoms with Crippen molar-refractivity contribution in [3.63, 3.8) is 0 Å². The largest absolute Gasteiger partial charge is 0.497 e. The molecule has 0 radical (unpaired) electrons. The molecule has 4 nitrogen and oxygen atoms in total. The van der Waals surface area contributed by atoms with Gasteiger partial charge >= 0.3 is 5.97 Å². The standard InChI is InChI=1S/C12H16O4/c1-3-4-7-16-11-6-5-9(15-2)8-10(11)12(13)14/h5-6,8H,3-4,7H2,1-2H3,(H,13,14). The number of aromatic carboxylic acids is 1. The number of carboxylic acids is 1. The highest BCUT2D eigenvalue weighted by Gasteiger charge is 2.12. The van der Waals surface area contributed by atoms with E-state index in [9.17, 15) is 4.79 Å². The van der Waals surface area contributed by atoms with Crippen LogP contribution in [0.2, 0.25) is 0 Å². The second kappa shape index (κ2) is 6.00. The van der Waals surface area contributed by atoms with Crippen LogP contribution in [0.4, 0.5) is 0 Å². The molecule has 0 amide bonds. The highest BCUT2D eigenvalue weighted by molar-refractivity contribution is 5.91. The van der Waals surface area contributed by atoms with Gasteiger partial charge in [0.1, 0.15) is 17.1 Å². The molecule has 0 unspecified atom stereocenters. The third kappa shape index (κ3) is 3.15. The summed E-state index contributed by atoms with van der Waals surface area (Å²) in [5.41, 5.74) is 0.135. The second-order valence-electron chi connectivity index (χ2n) is 3.37. The third-order valence-electron chi connectivity index (χ3n) is 2.17. The molecule has 0 aliphatic rings. The molecule has 1 aromatic rings. The van der Waals surface area contributed by atoms with E-state index in [0.717, 1.165) is 12.8 Å². The first kappa shape index (κ1) is 12.4. The van der Waals surface area contributed by atoms with Crippen molar-refractivity contribution in [3.8, 4) is 11.5 Å². The molecule has 0 spiro atoms.